The molecule has 20 heavy (non-hydrogen) atoms. The number of nitro benzene ring substituents is 1. The first kappa shape index (κ1) is 14.9. The quantitative estimate of drug-likeness (QED) is 0.652. The van der Waals surface area contributed by atoms with Crippen LogP contribution in [0, 0.1) is 17.0 Å². The highest BCUT2D eigenvalue weighted by Gasteiger charge is 2.18. The largest absolute Gasteiger partial charge is 0.279 e. The summed E-state index contributed by atoms with van der Waals surface area (Å²) in [6, 6.07) is 7.27. The summed E-state index contributed by atoms with van der Waals surface area (Å²) in [5.41, 5.74) is 0.501. The second kappa shape index (κ2) is 5.51. The molecule has 0 fully saturated rings. The Morgan fingerprint density at radius 1 is 1.30 bits per heavy atom. The molecule has 0 saturated heterocycles. The number of benzene rings is 1. The molecule has 6 nitrogen and oxygen atoms in total. The Kier molecular flexibility index (Phi) is 4.11. The van der Waals surface area contributed by atoms with Gasteiger partial charge in [-0.25, -0.2) is 8.42 Å². The lowest BCUT2D eigenvalue weighted by Gasteiger charge is -2.06. The number of anilines is 1. The summed E-state index contributed by atoms with van der Waals surface area (Å²) in [5.74, 6) is 0. The lowest BCUT2D eigenvalue weighted by molar-refractivity contribution is -0.385. The van der Waals surface area contributed by atoms with Crippen molar-refractivity contribution in [2.75, 3.05) is 4.72 Å². The molecule has 106 valence electrons. The molecule has 9 heteroatoms. The summed E-state index contributed by atoms with van der Waals surface area (Å²) in [6.07, 6.45) is 0. The first-order chi connectivity index (χ1) is 9.29. The summed E-state index contributed by atoms with van der Waals surface area (Å²) in [7, 11) is -3.73. The first-order valence-corrected chi connectivity index (χ1v) is 8.42. The van der Waals surface area contributed by atoms with Gasteiger partial charge in [0.1, 0.15) is 4.21 Å². The second-order valence-electron chi connectivity index (χ2n) is 3.92. The molecule has 0 aliphatic heterocycles. The van der Waals surface area contributed by atoms with Gasteiger partial charge in [0.05, 0.1) is 14.4 Å². The minimum atomic E-state index is -3.73. The summed E-state index contributed by atoms with van der Waals surface area (Å²) >= 11 is 4.25. The van der Waals surface area contributed by atoms with Crippen molar-refractivity contribution in [3.8, 4) is 0 Å². The van der Waals surface area contributed by atoms with E-state index < -0.39 is 14.9 Å². The molecule has 0 bridgehead atoms. The number of sulfonamides is 1. The van der Waals surface area contributed by atoms with E-state index in [1.165, 1.54) is 24.3 Å². The molecule has 0 atom stereocenters. The number of aryl methyl sites for hydroxylation is 1. The molecule has 1 heterocycles. The van der Waals surface area contributed by atoms with Crippen LogP contribution in [0.5, 0.6) is 0 Å². The Balaban J connectivity index is 2.35. The van der Waals surface area contributed by atoms with Crippen LogP contribution in [0.2, 0.25) is 0 Å². The highest BCUT2D eigenvalue weighted by molar-refractivity contribution is 9.11. The molecule has 0 aliphatic rings. The van der Waals surface area contributed by atoms with E-state index in [0.717, 1.165) is 11.3 Å². The van der Waals surface area contributed by atoms with E-state index >= 15 is 0 Å². The molecule has 0 radical (unpaired) electrons. The third-order valence-corrected chi connectivity index (χ3v) is 5.97. The van der Waals surface area contributed by atoms with Crippen LogP contribution in [0.4, 0.5) is 11.4 Å². The molecular weight excluding hydrogens is 368 g/mol. The predicted molar refractivity (Wildman–Crippen MR) is 80.7 cm³/mol. The van der Waals surface area contributed by atoms with E-state index in [1.807, 2.05) is 0 Å². The van der Waals surface area contributed by atoms with Crippen molar-refractivity contribution in [2.45, 2.75) is 11.1 Å². The Labute approximate surface area is 127 Å². The van der Waals surface area contributed by atoms with Crippen LogP contribution < -0.4 is 4.72 Å². The minimum Gasteiger partial charge on any atom is -0.279 e. The number of thiophene rings is 1. The molecule has 0 aliphatic carbocycles. The minimum absolute atomic E-state index is 0.127. The summed E-state index contributed by atoms with van der Waals surface area (Å²) in [5, 5.41) is 10.8. The van der Waals surface area contributed by atoms with Gasteiger partial charge in [0.25, 0.3) is 15.7 Å². The zero-order valence-electron chi connectivity index (χ0n) is 10.2. The maximum absolute atomic E-state index is 12.1. The van der Waals surface area contributed by atoms with Crippen molar-refractivity contribution in [2.24, 2.45) is 0 Å². The van der Waals surface area contributed by atoms with Crippen LogP contribution in [0.3, 0.4) is 0 Å². The maximum Gasteiger partial charge on any atom is 0.274 e. The van der Waals surface area contributed by atoms with Crippen molar-refractivity contribution in [1.82, 2.24) is 0 Å². The summed E-state index contributed by atoms with van der Waals surface area (Å²) < 4.78 is 27.3. The summed E-state index contributed by atoms with van der Waals surface area (Å²) in [4.78, 5) is 10.3. The lowest BCUT2D eigenvalue weighted by atomic mass is 10.2. The van der Waals surface area contributed by atoms with Crippen molar-refractivity contribution >= 4 is 48.7 Å². The fourth-order valence-electron chi connectivity index (χ4n) is 1.52. The monoisotopic (exact) mass is 376 g/mol. The van der Waals surface area contributed by atoms with Crippen molar-refractivity contribution < 1.29 is 13.3 Å². The third-order valence-electron chi connectivity index (χ3n) is 2.47. The van der Waals surface area contributed by atoms with Gasteiger partial charge in [-0.15, -0.1) is 11.3 Å². The average Bonchev–Trinajstić information content (AvgIpc) is 2.78. The van der Waals surface area contributed by atoms with E-state index in [4.69, 9.17) is 0 Å². The van der Waals surface area contributed by atoms with Gasteiger partial charge in [-0.2, -0.15) is 0 Å². The Morgan fingerprint density at radius 2 is 2.00 bits per heavy atom. The van der Waals surface area contributed by atoms with E-state index in [0.29, 0.717) is 9.35 Å². The van der Waals surface area contributed by atoms with Crippen molar-refractivity contribution in [1.29, 1.82) is 0 Å². The number of nitrogens with zero attached hydrogens (tertiary/aromatic N) is 1. The molecule has 2 rings (SSSR count). The Morgan fingerprint density at radius 3 is 2.55 bits per heavy atom. The highest BCUT2D eigenvalue weighted by atomic mass is 79.9. The van der Waals surface area contributed by atoms with Gasteiger partial charge in [-0.3, -0.25) is 14.8 Å². The van der Waals surface area contributed by atoms with Crippen molar-refractivity contribution in [3.05, 3.63) is 49.8 Å². The molecule has 1 N–H and O–H groups in total. The number of halogens is 1. The van der Waals surface area contributed by atoms with Gasteiger partial charge in [-0.05, 0) is 41.1 Å². The molecular formula is C11H9BrN2O4S2. The van der Waals surface area contributed by atoms with Crippen LogP contribution >= 0.6 is 27.3 Å². The van der Waals surface area contributed by atoms with Crippen LogP contribution in [0.15, 0.2) is 38.3 Å². The lowest BCUT2D eigenvalue weighted by Crippen LogP contribution is -2.11. The number of nitro groups is 1. The van der Waals surface area contributed by atoms with Gasteiger partial charge in [0, 0.05) is 11.6 Å². The summed E-state index contributed by atoms with van der Waals surface area (Å²) in [6.45, 7) is 1.59. The average molecular weight is 377 g/mol. The molecule has 0 spiro atoms. The fourth-order valence-corrected chi connectivity index (χ4v) is 4.58. The number of hydrogen-bond donors (Lipinski definition) is 1. The van der Waals surface area contributed by atoms with Gasteiger partial charge < -0.3 is 0 Å². The van der Waals surface area contributed by atoms with Gasteiger partial charge in [0.2, 0.25) is 0 Å². The second-order valence-corrected chi connectivity index (χ2v) is 8.29. The molecule has 1 aromatic carbocycles. The highest BCUT2D eigenvalue weighted by Crippen LogP contribution is 2.29. The zero-order valence-corrected chi connectivity index (χ0v) is 13.4. The molecule has 2 aromatic rings. The molecule has 0 saturated carbocycles. The van der Waals surface area contributed by atoms with E-state index in [-0.39, 0.29) is 15.6 Å². The standard InChI is InChI=1S/C11H9BrN2O4S2/c1-7-2-3-8(6-9(7)14(15)16)13-20(17,18)11-5-4-10(12)19-11/h2-6,13H,1H3. The van der Waals surface area contributed by atoms with Crippen LogP contribution in [0.1, 0.15) is 5.56 Å². The smallest absolute Gasteiger partial charge is 0.274 e. The fraction of sp³-hybridized carbons (Fsp3) is 0.0909. The van der Waals surface area contributed by atoms with E-state index in [9.17, 15) is 18.5 Å². The third kappa shape index (κ3) is 3.17. The molecule has 0 amide bonds. The number of hydrogen-bond acceptors (Lipinski definition) is 5. The Bertz CT molecular complexity index is 770. The Hall–Kier alpha value is -1.45. The van der Waals surface area contributed by atoms with Crippen LogP contribution in [-0.2, 0) is 10.0 Å². The maximum atomic E-state index is 12.1. The topological polar surface area (TPSA) is 89.3 Å². The van der Waals surface area contributed by atoms with Gasteiger partial charge in [0.15, 0.2) is 0 Å². The predicted octanol–water partition coefficient (Wildman–Crippen LogP) is 3.53. The zero-order chi connectivity index (χ0) is 14.9. The van der Waals surface area contributed by atoms with Gasteiger partial charge >= 0.3 is 0 Å². The van der Waals surface area contributed by atoms with Crippen LogP contribution in [-0.4, -0.2) is 13.3 Å². The molecule has 1 aromatic heterocycles. The first-order valence-electron chi connectivity index (χ1n) is 5.33. The number of nitrogens with one attached hydrogen (secondary N) is 1. The SMILES string of the molecule is Cc1ccc(NS(=O)(=O)c2ccc(Br)s2)cc1[N+](=O)[O-]. The van der Waals surface area contributed by atoms with Crippen LogP contribution in [0.25, 0.3) is 0 Å². The molecule has 0 unspecified atom stereocenters. The normalized spacial score (nSPS) is 11.3. The van der Waals surface area contributed by atoms with E-state index in [2.05, 4.69) is 20.7 Å². The number of rotatable bonds is 4. The van der Waals surface area contributed by atoms with Gasteiger partial charge in [-0.1, -0.05) is 6.07 Å². The van der Waals surface area contributed by atoms with Crippen molar-refractivity contribution in [3.63, 3.8) is 0 Å². The van der Waals surface area contributed by atoms with E-state index in [1.54, 1.807) is 13.0 Å².